The monoisotopic (exact) mass is 281 g/mol. The van der Waals surface area contributed by atoms with E-state index >= 15 is 0 Å². The van der Waals surface area contributed by atoms with Crippen LogP contribution in [-0.4, -0.2) is 35.3 Å². The molecule has 0 aromatic rings. The molecule has 2 atom stereocenters. The van der Waals surface area contributed by atoms with Crippen LogP contribution in [0, 0.1) is 11.8 Å². The molecule has 15 heavy (non-hydrogen) atoms. The Bertz CT molecular complexity index is 227. The van der Waals surface area contributed by atoms with E-state index in [0.29, 0.717) is 10.7 Å². The summed E-state index contributed by atoms with van der Waals surface area (Å²) in [4.78, 5) is 2.96. The number of rotatable bonds is 2. The number of hydrogen-bond acceptors (Lipinski definition) is 1. The fraction of sp³-hybridized carbons (Fsp3) is 1.00. The predicted molar refractivity (Wildman–Crippen MR) is 60.6 cm³/mol. The Kier molecular flexibility index (Phi) is 3.36. The van der Waals surface area contributed by atoms with Crippen molar-refractivity contribution in [3.8, 4) is 0 Å². The van der Waals surface area contributed by atoms with Crippen molar-refractivity contribution in [3.05, 3.63) is 0 Å². The summed E-state index contributed by atoms with van der Waals surface area (Å²) in [6.45, 7) is 5.21. The zero-order valence-corrected chi connectivity index (χ0v) is 10.6. The lowest BCUT2D eigenvalue weighted by Crippen LogP contribution is -2.47. The van der Waals surface area contributed by atoms with Crippen LogP contribution in [0.5, 0.6) is 0 Å². The summed E-state index contributed by atoms with van der Waals surface area (Å²) in [7, 11) is 0. The van der Waals surface area contributed by atoms with E-state index in [2.05, 4.69) is 27.8 Å². The molecular weight excluding hydrogens is 264 g/mol. The topological polar surface area (TPSA) is 3.24 Å². The van der Waals surface area contributed by atoms with Gasteiger partial charge >= 0.3 is 0 Å². The molecule has 2 fully saturated rings. The second-order valence-corrected chi connectivity index (χ2v) is 6.35. The van der Waals surface area contributed by atoms with E-state index in [1.165, 1.54) is 0 Å². The summed E-state index contributed by atoms with van der Waals surface area (Å²) in [6.07, 6.45) is 1.36. The molecule has 0 radical (unpaired) electrons. The molecule has 88 valence electrons. The molecule has 1 aliphatic heterocycles. The molecule has 0 bridgehead atoms. The lowest BCUT2D eigenvalue weighted by atomic mass is 9.80. The largest absolute Gasteiger partial charge is 0.303 e. The summed E-state index contributed by atoms with van der Waals surface area (Å²) in [5.74, 6) is -1.48. The summed E-state index contributed by atoms with van der Waals surface area (Å²) < 4.78 is 25.3. The zero-order valence-electron chi connectivity index (χ0n) is 9.06. The first-order chi connectivity index (χ1) is 6.96. The van der Waals surface area contributed by atoms with Crippen LogP contribution in [0.4, 0.5) is 8.78 Å². The number of halogens is 3. The van der Waals surface area contributed by atoms with Crippen molar-refractivity contribution < 1.29 is 8.78 Å². The van der Waals surface area contributed by atoms with Gasteiger partial charge in [0.2, 0.25) is 5.92 Å². The van der Waals surface area contributed by atoms with E-state index in [-0.39, 0.29) is 18.8 Å². The Hall–Kier alpha value is 0.300. The first kappa shape index (κ1) is 11.8. The highest BCUT2D eigenvalue weighted by atomic mass is 79.9. The number of hydrogen-bond donors (Lipinski definition) is 0. The van der Waals surface area contributed by atoms with Gasteiger partial charge in [0, 0.05) is 30.8 Å². The Morgan fingerprint density at radius 2 is 2.07 bits per heavy atom. The maximum Gasteiger partial charge on any atom is 0.248 e. The fourth-order valence-electron chi connectivity index (χ4n) is 2.65. The van der Waals surface area contributed by atoms with E-state index in [1.807, 2.05) is 0 Å². The van der Waals surface area contributed by atoms with Crippen molar-refractivity contribution in [3.63, 3.8) is 0 Å². The standard InChI is InChI=1S/C11H18BrF2N/c1-8-6-15(3-2-10(8)12)7-9-4-11(13,14)5-9/h8-10H,2-7H2,1H3. The summed E-state index contributed by atoms with van der Waals surface area (Å²) in [5, 5.41) is 0. The number of piperidine rings is 1. The lowest BCUT2D eigenvalue weighted by Gasteiger charge is -2.41. The second kappa shape index (κ2) is 4.28. The third kappa shape index (κ3) is 2.90. The van der Waals surface area contributed by atoms with Crippen molar-refractivity contribution in [2.75, 3.05) is 19.6 Å². The molecule has 2 aliphatic rings. The van der Waals surface area contributed by atoms with Crippen molar-refractivity contribution in [1.82, 2.24) is 4.90 Å². The molecule has 1 heterocycles. The van der Waals surface area contributed by atoms with Crippen LogP contribution in [0.3, 0.4) is 0 Å². The first-order valence-electron chi connectivity index (χ1n) is 5.70. The fourth-order valence-corrected chi connectivity index (χ4v) is 3.02. The van der Waals surface area contributed by atoms with E-state index in [4.69, 9.17) is 0 Å². The minimum atomic E-state index is -2.36. The first-order valence-corrected chi connectivity index (χ1v) is 6.62. The molecule has 0 aromatic heterocycles. The van der Waals surface area contributed by atoms with Gasteiger partial charge in [-0.05, 0) is 24.8 Å². The predicted octanol–water partition coefficient (Wildman–Crippen LogP) is 3.14. The SMILES string of the molecule is CC1CN(CC2CC(F)(F)C2)CCC1Br. The molecule has 0 N–H and O–H groups in total. The van der Waals surface area contributed by atoms with Gasteiger partial charge in [-0.25, -0.2) is 8.78 Å². The molecular formula is C11H18BrF2N. The van der Waals surface area contributed by atoms with Crippen LogP contribution in [0.2, 0.25) is 0 Å². The molecule has 0 aromatic carbocycles. The highest BCUT2D eigenvalue weighted by molar-refractivity contribution is 9.09. The smallest absolute Gasteiger partial charge is 0.248 e. The van der Waals surface area contributed by atoms with Gasteiger partial charge in [0.15, 0.2) is 0 Å². The number of likely N-dealkylation sites (tertiary alicyclic amines) is 1. The summed E-state index contributed by atoms with van der Waals surface area (Å²) >= 11 is 3.65. The van der Waals surface area contributed by atoms with Gasteiger partial charge in [-0.3, -0.25) is 0 Å². The molecule has 4 heteroatoms. The molecule has 0 amide bonds. The van der Waals surface area contributed by atoms with Gasteiger partial charge in [-0.2, -0.15) is 0 Å². The average molecular weight is 282 g/mol. The quantitative estimate of drug-likeness (QED) is 0.703. The average Bonchev–Trinajstić information content (AvgIpc) is 2.08. The molecule has 1 saturated carbocycles. The number of alkyl halides is 3. The molecule has 1 saturated heterocycles. The molecule has 2 unspecified atom stereocenters. The Balaban J connectivity index is 1.73. The summed E-state index contributed by atoms with van der Waals surface area (Å²) in [5.41, 5.74) is 0. The van der Waals surface area contributed by atoms with Gasteiger partial charge < -0.3 is 4.90 Å². The van der Waals surface area contributed by atoms with Crippen molar-refractivity contribution in [1.29, 1.82) is 0 Å². The zero-order chi connectivity index (χ0) is 11.1. The lowest BCUT2D eigenvalue weighted by molar-refractivity contribution is -0.117. The van der Waals surface area contributed by atoms with Gasteiger partial charge in [0.05, 0.1) is 0 Å². The van der Waals surface area contributed by atoms with Crippen LogP contribution in [0.15, 0.2) is 0 Å². The van der Waals surface area contributed by atoms with Crippen LogP contribution >= 0.6 is 15.9 Å². The second-order valence-electron chi connectivity index (χ2n) is 5.17. The normalized spacial score (nSPS) is 37.6. The highest BCUT2D eigenvalue weighted by Gasteiger charge is 2.45. The van der Waals surface area contributed by atoms with Crippen molar-refractivity contribution in [2.24, 2.45) is 11.8 Å². The maximum absolute atomic E-state index is 12.7. The van der Waals surface area contributed by atoms with E-state index in [0.717, 1.165) is 26.1 Å². The van der Waals surface area contributed by atoms with Crippen LogP contribution in [0.1, 0.15) is 26.2 Å². The third-order valence-corrected chi connectivity index (χ3v) is 4.94. The molecule has 1 nitrogen and oxygen atoms in total. The van der Waals surface area contributed by atoms with E-state index in [9.17, 15) is 8.78 Å². The number of nitrogens with zero attached hydrogens (tertiary/aromatic N) is 1. The molecule has 2 rings (SSSR count). The highest BCUT2D eigenvalue weighted by Crippen LogP contribution is 2.43. The Morgan fingerprint density at radius 1 is 1.40 bits per heavy atom. The van der Waals surface area contributed by atoms with Crippen LogP contribution in [0.25, 0.3) is 0 Å². The van der Waals surface area contributed by atoms with Crippen LogP contribution in [-0.2, 0) is 0 Å². The summed E-state index contributed by atoms with van der Waals surface area (Å²) in [6, 6.07) is 0. The van der Waals surface area contributed by atoms with Crippen molar-refractivity contribution in [2.45, 2.75) is 36.9 Å². The minimum Gasteiger partial charge on any atom is -0.303 e. The molecule has 0 spiro atoms. The van der Waals surface area contributed by atoms with Gasteiger partial charge in [0.1, 0.15) is 0 Å². The van der Waals surface area contributed by atoms with Gasteiger partial charge in [-0.15, -0.1) is 0 Å². The maximum atomic E-state index is 12.7. The third-order valence-electron chi connectivity index (χ3n) is 3.58. The van der Waals surface area contributed by atoms with Gasteiger partial charge in [-0.1, -0.05) is 22.9 Å². The van der Waals surface area contributed by atoms with E-state index in [1.54, 1.807) is 0 Å². The van der Waals surface area contributed by atoms with E-state index < -0.39 is 5.92 Å². The van der Waals surface area contributed by atoms with Crippen molar-refractivity contribution >= 4 is 15.9 Å². The minimum absolute atomic E-state index is 0.107. The van der Waals surface area contributed by atoms with Gasteiger partial charge in [0.25, 0.3) is 0 Å². The Labute approximate surface area is 98.3 Å². The van der Waals surface area contributed by atoms with Crippen LogP contribution < -0.4 is 0 Å². The molecule has 1 aliphatic carbocycles. The Morgan fingerprint density at radius 3 is 2.60 bits per heavy atom.